The van der Waals surface area contributed by atoms with Crippen molar-refractivity contribution in [1.82, 2.24) is 0 Å². The van der Waals surface area contributed by atoms with Gasteiger partial charge in [-0.2, -0.15) is 0 Å². The molecule has 0 aliphatic heterocycles. The van der Waals surface area contributed by atoms with E-state index in [1.165, 1.54) is 6.08 Å². The van der Waals surface area contributed by atoms with E-state index >= 15 is 0 Å². The van der Waals surface area contributed by atoms with Crippen molar-refractivity contribution < 1.29 is 19.7 Å². The number of benzene rings is 4. The molecular weight excluding hydrogens is 364 g/mol. The van der Waals surface area contributed by atoms with E-state index < -0.39 is 5.97 Å². The van der Waals surface area contributed by atoms with Crippen LogP contribution in [0.15, 0.2) is 91.0 Å². The molecule has 0 radical (unpaired) electrons. The smallest absolute Gasteiger partial charge is 0.328 e. The highest BCUT2D eigenvalue weighted by atomic mass is 16.5. The topological polar surface area (TPSA) is 66.8 Å². The summed E-state index contributed by atoms with van der Waals surface area (Å²) in [7, 11) is 0. The van der Waals surface area contributed by atoms with Crippen LogP contribution in [0, 0.1) is 0 Å². The lowest BCUT2D eigenvalue weighted by atomic mass is 9.99. The highest BCUT2D eigenvalue weighted by Gasteiger charge is 2.12. The Bertz CT molecular complexity index is 1210. The number of fused-ring (bicyclic) bond motifs is 1. The Labute approximate surface area is 167 Å². The fraction of sp³-hybridized carbons (Fsp3) is 0. The first-order valence-electron chi connectivity index (χ1n) is 9.10. The minimum Gasteiger partial charge on any atom is -0.508 e. The number of carbonyl (C=O) groups is 1. The van der Waals surface area contributed by atoms with E-state index in [0.29, 0.717) is 11.5 Å². The number of carboxylic acid groups (broad SMARTS) is 1. The second-order valence-electron chi connectivity index (χ2n) is 6.56. The zero-order valence-corrected chi connectivity index (χ0v) is 15.4. The number of carboxylic acids is 1. The van der Waals surface area contributed by atoms with Crippen molar-refractivity contribution in [3.63, 3.8) is 0 Å². The molecule has 0 saturated carbocycles. The Balaban J connectivity index is 1.77. The molecule has 0 heterocycles. The number of hydrogen-bond acceptors (Lipinski definition) is 3. The van der Waals surface area contributed by atoms with Crippen molar-refractivity contribution in [3.05, 3.63) is 96.6 Å². The van der Waals surface area contributed by atoms with Crippen molar-refractivity contribution >= 4 is 22.8 Å². The van der Waals surface area contributed by atoms with E-state index in [0.717, 1.165) is 33.5 Å². The summed E-state index contributed by atoms with van der Waals surface area (Å²) in [6, 6.07) is 26.2. The molecule has 4 aromatic rings. The molecule has 29 heavy (non-hydrogen) atoms. The number of hydrogen-bond donors (Lipinski definition) is 2. The van der Waals surface area contributed by atoms with Crippen molar-refractivity contribution in [2.75, 3.05) is 0 Å². The molecule has 0 atom stereocenters. The maximum absolute atomic E-state index is 10.7. The molecule has 4 aromatic carbocycles. The van der Waals surface area contributed by atoms with Gasteiger partial charge in [-0.1, -0.05) is 54.6 Å². The second kappa shape index (κ2) is 7.90. The normalized spacial score (nSPS) is 11.0. The van der Waals surface area contributed by atoms with Crippen LogP contribution < -0.4 is 4.74 Å². The molecule has 0 unspecified atom stereocenters. The van der Waals surface area contributed by atoms with Crippen LogP contribution in [0.2, 0.25) is 0 Å². The summed E-state index contributed by atoms with van der Waals surface area (Å²) in [6.07, 6.45) is 2.63. The van der Waals surface area contributed by atoms with E-state index in [1.54, 1.807) is 42.5 Å². The van der Waals surface area contributed by atoms with Crippen LogP contribution in [0.1, 0.15) is 5.56 Å². The van der Waals surface area contributed by atoms with Crippen molar-refractivity contribution in [1.29, 1.82) is 0 Å². The zero-order valence-electron chi connectivity index (χ0n) is 15.4. The lowest BCUT2D eigenvalue weighted by Gasteiger charge is -2.15. The van der Waals surface area contributed by atoms with Gasteiger partial charge in [0.05, 0.1) is 0 Å². The first-order valence-corrected chi connectivity index (χ1v) is 9.10. The number of aliphatic carboxylic acids is 1. The molecule has 4 heteroatoms. The van der Waals surface area contributed by atoms with Gasteiger partial charge in [-0.05, 0) is 52.9 Å². The number of rotatable bonds is 5. The van der Waals surface area contributed by atoms with Crippen molar-refractivity contribution in [2.45, 2.75) is 0 Å². The van der Waals surface area contributed by atoms with Crippen LogP contribution in [-0.2, 0) is 4.79 Å². The summed E-state index contributed by atoms with van der Waals surface area (Å²) in [5.74, 6) is 0.533. The van der Waals surface area contributed by atoms with Crippen LogP contribution >= 0.6 is 0 Å². The second-order valence-corrected chi connectivity index (χ2v) is 6.56. The van der Waals surface area contributed by atoms with Crippen LogP contribution in [0.5, 0.6) is 17.2 Å². The molecule has 0 amide bonds. The first kappa shape index (κ1) is 18.3. The highest BCUT2D eigenvalue weighted by molar-refractivity contribution is 5.95. The molecular formula is C25H18O4. The summed E-state index contributed by atoms with van der Waals surface area (Å²) in [4.78, 5) is 10.7. The Morgan fingerprint density at radius 3 is 2.41 bits per heavy atom. The first-order chi connectivity index (χ1) is 14.1. The molecule has 0 bridgehead atoms. The minimum absolute atomic E-state index is 0.191. The predicted molar refractivity (Wildman–Crippen MR) is 114 cm³/mol. The summed E-state index contributed by atoms with van der Waals surface area (Å²) >= 11 is 0. The van der Waals surface area contributed by atoms with E-state index in [4.69, 9.17) is 9.84 Å². The third kappa shape index (κ3) is 4.12. The lowest BCUT2D eigenvalue weighted by molar-refractivity contribution is -0.131. The van der Waals surface area contributed by atoms with E-state index in [2.05, 4.69) is 0 Å². The predicted octanol–water partition coefficient (Wildman–Crippen LogP) is 6.10. The number of ether oxygens (including phenoxy) is 1. The SMILES string of the molecule is O=C(O)/C=C/c1ccc(Oc2c(-c3cccc(O)c3)ccc3ccccc23)cc1. The van der Waals surface area contributed by atoms with Gasteiger partial charge in [0.2, 0.25) is 0 Å². The van der Waals surface area contributed by atoms with Gasteiger partial charge >= 0.3 is 5.97 Å². The largest absolute Gasteiger partial charge is 0.508 e. The summed E-state index contributed by atoms with van der Waals surface area (Å²) in [5.41, 5.74) is 2.49. The Hall–Kier alpha value is -4.05. The van der Waals surface area contributed by atoms with Crippen LogP contribution in [0.3, 0.4) is 0 Å². The highest BCUT2D eigenvalue weighted by Crippen LogP contribution is 2.40. The van der Waals surface area contributed by atoms with Gasteiger partial charge in [0.25, 0.3) is 0 Å². The van der Waals surface area contributed by atoms with E-state index in [-0.39, 0.29) is 5.75 Å². The fourth-order valence-corrected chi connectivity index (χ4v) is 3.19. The van der Waals surface area contributed by atoms with Crippen LogP contribution in [0.4, 0.5) is 0 Å². The fourth-order valence-electron chi connectivity index (χ4n) is 3.19. The molecule has 0 aliphatic rings. The van der Waals surface area contributed by atoms with Gasteiger partial charge in [0.15, 0.2) is 0 Å². The van der Waals surface area contributed by atoms with E-state index in [1.807, 2.05) is 42.5 Å². The Morgan fingerprint density at radius 1 is 0.862 bits per heavy atom. The number of aromatic hydroxyl groups is 1. The zero-order chi connectivity index (χ0) is 20.2. The molecule has 4 rings (SSSR count). The summed E-state index contributed by atoms with van der Waals surface area (Å²) < 4.78 is 6.28. The van der Waals surface area contributed by atoms with Crippen LogP contribution in [0.25, 0.3) is 28.0 Å². The van der Waals surface area contributed by atoms with Gasteiger partial charge in [0.1, 0.15) is 17.2 Å². The Morgan fingerprint density at radius 2 is 1.66 bits per heavy atom. The van der Waals surface area contributed by atoms with Crippen molar-refractivity contribution in [3.8, 4) is 28.4 Å². The third-order valence-corrected chi connectivity index (χ3v) is 4.56. The Kier molecular flexibility index (Phi) is 4.99. The molecule has 0 aliphatic carbocycles. The molecule has 0 spiro atoms. The number of phenolic OH excluding ortho intramolecular Hbond substituents is 1. The average molecular weight is 382 g/mol. The van der Waals surface area contributed by atoms with E-state index in [9.17, 15) is 9.90 Å². The van der Waals surface area contributed by atoms with Gasteiger partial charge in [-0.15, -0.1) is 0 Å². The average Bonchev–Trinajstić information content (AvgIpc) is 2.73. The molecule has 142 valence electrons. The lowest BCUT2D eigenvalue weighted by Crippen LogP contribution is -1.91. The quantitative estimate of drug-likeness (QED) is 0.409. The molecule has 0 saturated heterocycles. The molecule has 0 fully saturated rings. The maximum atomic E-state index is 10.7. The third-order valence-electron chi connectivity index (χ3n) is 4.56. The van der Waals surface area contributed by atoms with Crippen molar-refractivity contribution in [2.24, 2.45) is 0 Å². The standard InChI is InChI=1S/C25H18O4/c26-20-6-3-5-19(16-20)23-14-11-18-4-1-2-7-22(18)25(23)29-21-12-8-17(9-13-21)10-15-24(27)28/h1-16,26H,(H,27,28)/b15-10+. The summed E-state index contributed by atoms with van der Waals surface area (Å²) in [5, 5.41) is 20.7. The molecule has 2 N–H and O–H groups in total. The monoisotopic (exact) mass is 382 g/mol. The molecule has 0 aromatic heterocycles. The van der Waals surface area contributed by atoms with Gasteiger partial charge < -0.3 is 14.9 Å². The summed E-state index contributed by atoms with van der Waals surface area (Å²) in [6.45, 7) is 0. The maximum Gasteiger partial charge on any atom is 0.328 e. The van der Waals surface area contributed by atoms with Gasteiger partial charge in [-0.25, -0.2) is 4.79 Å². The minimum atomic E-state index is -0.989. The van der Waals surface area contributed by atoms with Crippen LogP contribution in [-0.4, -0.2) is 16.2 Å². The molecule has 4 nitrogen and oxygen atoms in total. The van der Waals surface area contributed by atoms with Gasteiger partial charge in [0, 0.05) is 17.0 Å². The number of phenols is 1. The van der Waals surface area contributed by atoms with Gasteiger partial charge in [-0.3, -0.25) is 0 Å².